The van der Waals surface area contributed by atoms with E-state index in [9.17, 15) is 24.0 Å². The Morgan fingerprint density at radius 3 is 1.78 bits per heavy atom. The van der Waals surface area contributed by atoms with Crippen LogP contribution in [0.25, 0.3) is 10.4 Å². The summed E-state index contributed by atoms with van der Waals surface area (Å²) in [5.74, 6) is -3.28. The Hall–Kier alpha value is -4.36. The van der Waals surface area contributed by atoms with Crippen LogP contribution in [0.1, 0.15) is 38.7 Å². The van der Waals surface area contributed by atoms with Gasteiger partial charge in [-0.3, -0.25) is 24.0 Å². The molecule has 0 heterocycles. The summed E-state index contributed by atoms with van der Waals surface area (Å²) in [6, 6.07) is 2.92. The van der Waals surface area contributed by atoms with Gasteiger partial charge in [-0.15, -0.1) is 0 Å². The van der Waals surface area contributed by atoms with Gasteiger partial charge >= 0.3 is 0 Å². The number of nitrogens with two attached hydrogens (primary N) is 1. The van der Waals surface area contributed by atoms with Crippen LogP contribution in [-0.2, 0) is 54.3 Å². The topological polar surface area (TPSA) is 275 Å². The van der Waals surface area contributed by atoms with Gasteiger partial charge in [0.05, 0.1) is 72.5 Å². The van der Waals surface area contributed by atoms with Crippen LogP contribution < -0.4 is 27.0 Å². The van der Waals surface area contributed by atoms with Crippen LogP contribution in [0.2, 0.25) is 0 Å². The maximum absolute atomic E-state index is 12.7. The molecule has 0 aliphatic rings. The second-order valence-electron chi connectivity index (χ2n) is 10.7. The molecule has 1 unspecified atom stereocenters. The molecule has 19 heteroatoms. The summed E-state index contributed by atoms with van der Waals surface area (Å²) >= 11 is 0. The predicted molar refractivity (Wildman–Crippen MR) is 179 cm³/mol. The molecule has 50 heavy (non-hydrogen) atoms. The van der Waals surface area contributed by atoms with E-state index in [-0.39, 0.29) is 25.5 Å². The standard InChI is InChI=1S/C31H50N8O11/c1-22(35-28(42)4-3-10-46-12-14-48-16-18-50-19-17-49-15-13-47-11-9-34-39-33)29(43)36-23(2)30(44)38-26(20-27(32)41)31(45)37-25-7-5-24(21-40)6-8-25/h5-8,22-23,26,40H,3-4,9-21H2,1-2H3,(H2,32,41)(H,35,42)(H,36,43)(H,37,45)(H,38,44)/t22-,23?,26-/m0/s1. The van der Waals surface area contributed by atoms with E-state index < -0.39 is 48.2 Å². The number of nitrogens with one attached hydrogen (secondary N) is 4. The third kappa shape index (κ3) is 21.6. The highest BCUT2D eigenvalue weighted by molar-refractivity contribution is 6.00. The molecule has 0 aliphatic heterocycles. The van der Waals surface area contributed by atoms with Gasteiger partial charge in [-0.2, -0.15) is 0 Å². The lowest BCUT2D eigenvalue weighted by Crippen LogP contribution is -2.55. The lowest BCUT2D eigenvalue weighted by molar-refractivity contribution is -0.133. The van der Waals surface area contributed by atoms with Gasteiger partial charge in [0.2, 0.25) is 29.5 Å². The van der Waals surface area contributed by atoms with E-state index in [1.165, 1.54) is 13.8 Å². The van der Waals surface area contributed by atoms with Crippen LogP contribution in [-0.4, -0.2) is 125 Å². The summed E-state index contributed by atoms with van der Waals surface area (Å²) in [4.78, 5) is 64.5. The Labute approximate surface area is 290 Å². The average Bonchev–Trinajstić information content (AvgIpc) is 3.08. The van der Waals surface area contributed by atoms with Crippen molar-refractivity contribution in [1.29, 1.82) is 0 Å². The van der Waals surface area contributed by atoms with Gasteiger partial charge in [-0.25, -0.2) is 0 Å². The molecule has 1 aromatic carbocycles. The zero-order valence-electron chi connectivity index (χ0n) is 28.6. The van der Waals surface area contributed by atoms with Gasteiger partial charge < -0.3 is 55.8 Å². The molecule has 0 bridgehead atoms. The molecule has 1 rings (SSSR count). The Balaban J connectivity index is 2.18. The number of ether oxygens (including phenoxy) is 5. The number of anilines is 1. The fraction of sp³-hybridized carbons (Fsp3) is 0.645. The van der Waals surface area contributed by atoms with Gasteiger partial charge in [0.15, 0.2) is 0 Å². The molecule has 19 nitrogen and oxygen atoms in total. The lowest BCUT2D eigenvalue weighted by atomic mass is 10.1. The van der Waals surface area contributed by atoms with Crippen molar-refractivity contribution in [3.05, 3.63) is 40.3 Å². The SMILES string of the molecule is CC(NC(=O)[C@H](C)NC(=O)CCCOCCOCCOCCOCCOCCN=[N+]=[N-])C(=O)N[C@@H](CC(N)=O)C(=O)Nc1ccc(CO)cc1. The quantitative estimate of drug-likeness (QED) is 0.0271. The maximum Gasteiger partial charge on any atom is 0.247 e. The molecule has 0 saturated carbocycles. The minimum Gasteiger partial charge on any atom is -0.392 e. The molecule has 0 aromatic heterocycles. The first kappa shape index (κ1) is 43.7. The van der Waals surface area contributed by atoms with Crippen LogP contribution in [0.4, 0.5) is 5.69 Å². The summed E-state index contributed by atoms with van der Waals surface area (Å²) < 4.78 is 26.8. The minimum absolute atomic E-state index is 0.110. The second-order valence-corrected chi connectivity index (χ2v) is 10.7. The first-order chi connectivity index (χ1) is 24.1. The number of amides is 5. The van der Waals surface area contributed by atoms with Crippen LogP contribution in [0, 0.1) is 0 Å². The first-order valence-corrected chi connectivity index (χ1v) is 16.2. The van der Waals surface area contributed by atoms with Crippen LogP contribution in [0.5, 0.6) is 0 Å². The van der Waals surface area contributed by atoms with E-state index in [2.05, 4.69) is 31.3 Å². The molecule has 0 aliphatic carbocycles. The van der Waals surface area contributed by atoms with Crippen molar-refractivity contribution < 1.29 is 52.8 Å². The molecule has 280 valence electrons. The second kappa shape index (κ2) is 27.5. The zero-order valence-corrected chi connectivity index (χ0v) is 28.6. The highest BCUT2D eigenvalue weighted by atomic mass is 16.6. The van der Waals surface area contributed by atoms with E-state index in [4.69, 9.17) is 40.1 Å². The van der Waals surface area contributed by atoms with Crippen molar-refractivity contribution >= 4 is 35.2 Å². The number of azide groups is 1. The highest BCUT2D eigenvalue weighted by Gasteiger charge is 2.27. The predicted octanol–water partition coefficient (Wildman–Crippen LogP) is -0.339. The number of aliphatic hydroxyl groups excluding tert-OH is 1. The molecule has 7 N–H and O–H groups in total. The summed E-state index contributed by atoms with van der Waals surface area (Å²) in [5, 5.41) is 22.5. The van der Waals surface area contributed by atoms with Crippen molar-refractivity contribution in [1.82, 2.24) is 16.0 Å². The van der Waals surface area contributed by atoms with Crippen molar-refractivity contribution in [2.45, 2.75) is 57.8 Å². The van der Waals surface area contributed by atoms with E-state index >= 15 is 0 Å². The highest BCUT2D eigenvalue weighted by Crippen LogP contribution is 2.10. The zero-order chi connectivity index (χ0) is 37.0. The fourth-order valence-electron chi connectivity index (χ4n) is 3.88. The minimum atomic E-state index is -1.31. The third-order valence-electron chi connectivity index (χ3n) is 6.54. The molecule has 3 atom stereocenters. The van der Waals surface area contributed by atoms with Crippen LogP contribution in [0.3, 0.4) is 0 Å². The van der Waals surface area contributed by atoms with Crippen molar-refractivity contribution in [2.75, 3.05) is 77.9 Å². The number of carbonyl (C=O) groups is 5. The van der Waals surface area contributed by atoms with E-state index in [0.717, 1.165) is 0 Å². The molecule has 5 amide bonds. The average molecular weight is 711 g/mol. The molecule has 1 aromatic rings. The van der Waals surface area contributed by atoms with Crippen LogP contribution >= 0.6 is 0 Å². The van der Waals surface area contributed by atoms with Gasteiger partial charge in [0.1, 0.15) is 18.1 Å². The maximum atomic E-state index is 12.7. The number of nitrogens with zero attached hydrogens (tertiary/aromatic N) is 3. The van der Waals surface area contributed by atoms with Crippen molar-refractivity contribution in [2.24, 2.45) is 10.8 Å². The van der Waals surface area contributed by atoms with E-state index in [0.29, 0.717) is 83.7 Å². The number of primary amides is 1. The molecule has 0 spiro atoms. The van der Waals surface area contributed by atoms with Gasteiger partial charge in [0.25, 0.3) is 0 Å². The Morgan fingerprint density at radius 2 is 1.26 bits per heavy atom. The first-order valence-electron chi connectivity index (χ1n) is 16.2. The van der Waals surface area contributed by atoms with Gasteiger partial charge in [-0.1, -0.05) is 17.2 Å². The van der Waals surface area contributed by atoms with Crippen molar-refractivity contribution in [3.8, 4) is 0 Å². The molecular formula is C31H50N8O11. The Bertz CT molecular complexity index is 1220. The Kier molecular flexibility index (Phi) is 24.0. The fourth-order valence-corrected chi connectivity index (χ4v) is 3.88. The molecular weight excluding hydrogens is 660 g/mol. The summed E-state index contributed by atoms with van der Waals surface area (Å²) in [7, 11) is 0. The monoisotopic (exact) mass is 710 g/mol. The van der Waals surface area contributed by atoms with Crippen molar-refractivity contribution in [3.63, 3.8) is 0 Å². The number of benzene rings is 1. The number of hydrogen-bond acceptors (Lipinski definition) is 12. The van der Waals surface area contributed by atoms with Gasteiger partial charge in [0, 0.05) is 30.2 Å². The summed E-state index contributed by atoms with van der Waals surface area (Å²) in [6.07, 6.45) is 0.0406. The molecule has 0 radical (unpaired) electrons. The number of aliphatic hydroxyl groups is 1. The van der Waals surface area contributed by atoms with Crippen LogP contribution in [0.15, 0.2) is 29.4 Å². The van der Waals surface area contributed by atoms with E-state index in [1.807, 2.05) is 0 Å². The third-order valence-corrected chi connectivity index (χ3v) is 6.54. The lowest BCUT2D eigenvalue weighted by Gasteiger charge is -2.22. The molecule has 0 fully saturated rings. The summed E-state index contributed by atoms with van der Waals surface area (Å²) in [5.41, 5.74) is 14.4. The number of carbonyl (C=O) groups excluding carboxylic acids is 5. The largest absolute Gasteiger partial charge is 0.392 e. The normalized spacial score (nSPS) is 12.5. The number of rotatable bonds is 29. The smallest absolute Gasteiger partial charge is 0.247 e. The number of hydrogen-bond donors (Lipinski definition) is 6. The molecule has 0 saturated heterocycles. The summed E-state index contributed by atoms with van der Waals surface area (Å²) in [6.45, 7) is 6.76. The Morgan fingerprint density at radius 1 is 0.760 bits per heavy atom. The van der Waals surface area contributed by atoms with Gasteiger partial charge in [-0.05, 0) is 43.5 Å². The van der Waals surface area contributed by atoms with E-state index in [1.54, 1.807) is 24.3 Å².